The summed E-state index contributed by atoms with van der Waals surface area (Å²) in [6, 6.07) is 3.80. The van der Waals surface area contributed by atoms with Crippen molar-refractivity contribution in [1.29, 1.82) is 0 Å². The van der Waals surface area contributed by atoms with Gasteiger partial charge >= 0.3 is 0 Å². The van der Waals surface area contributed by atoms with Gasteiger partial charge < -0.3 is 24.9 Å². The van der Waals surface area contributed by atoms with Gasteiger partial charge in [-0.2, -0.15) is 0 Å². The van der Waals surface area contributed by atoms with Gasteiger partial charge in [0.1, 0.15) is 6.29 Å². The number of anilines is 1. The normalized spacial score (nSPS) is 20.5. The number of aryl methyl sites for hydroxylation is 1. The summed E-state index contributed by atoms with van der Waals surface area (Å²) < 4.78 is 10.7. The number of methoxy groups -OCH3 is 2. The van der Waals surface area contributed by atoms with Crippen LogP contribution >= 0.6 is 0 Å². The molecule has 2 atom stereocenters. The summed E-state index contributed by atoms with van der Waals surface area (Å²) in [7, 11) is 5.22. The van der Waals surface area contributed by atoms with Gasteiger partial charge in [0.2, 0.25) is 0 Å². The molecule has 0 aliphatic carbocycles. The monoisotopic (exact) mass is 306 g/mol. The van der Waals surface area contributed by atoms with Gasteiger partial charge in [-0.05, 0) is 56.8 Å². The van der Waals surface area contributed by atoms with E-state index < -0.39 is 0 Å². The van der Waals surface area contributed by atoms with Crippen LogP contribution < -0.4 is 20.1 Å². The number of nitrogens with one attached hydrogen (secondary N) is 2. The van der Waals surface area contributed by atoms with Crippen LogP contribution in [-0.4, -0.2) is 40.1 Å². The third-order valence-electron chi connectivity index (χ3n) is 4.37. The topological polar surface area (TPSA) is 59.6 Å². The highest BCUT2D eigenvalue weighted by Gasteiger charge is 2.26. The molecule has 0 fully saturated rings. The van der Waals surface area contributed by atoms with Crippen molar-refractivity contribution in [3.8, 4) is 11.5 Å². The van der Waals surface area contributed by atoms with Crippen LogP contribution in [-0.2, 0) is 11.2 Å². The number of carbonyl (C=O) groups is 1. The second-order valence-corrected chi connectivity index (χ2v) is 5.72. The molecule has 0 saturated heterocycles. The van der Waals surface area contributed by atoms with E-state index in [0.717, 1.165) is 50.0 Å². The molecule has 0 bridgehead atoms. The van der Waals surface area contributed by atoms with E-state index in [4.69, 9.17) is 9.47 Å². The zero-order valence-corrected chi connectivity index (χ0v) is 13.6. The minimum absolute atomic E-state index is 0.142. The number of carbonyl (C=O) groups excluding carboxylic acids is 1. The van der Waals surface area contributed by atoms with Crippen LogP contribution in [0.4, 0.5) is 5.69 Å². The van der Waals surface area contributed by atoms with Gasteiger partial charge in [-0.25, -0.2) is 0 Å². The van der Waals surface area contributed by atoms with Gasteiger partial charge in [-0.3, -0.25) is 0 Å². The molecule has 0 saturated carbocycles. The first-order valence-corrected chi connectivity index (χ1v) is 7.84. The van der Waals surface area contributed by atoms with Crippen molar-refractivity contribution in [1.82, 2.24) is 5.32 Å². The molecule has 1 aromatic carbocycles. The third-order valence-corrected chi connectivity index (χ3v) is 4.37. The van der Waals surface area contributed by atoms with E-state index in [1.807, 2.05) is 19.2 Å². The number of hydrogen-bond acceptors (Lipinski definition) is 5. The molecule has 0 aromatic heterocycles. The molecule has 1 heterocycles. The Hall–Kier alpha value is -1.75. The number of hydrogen-bond donors (Lipinski definition) is 2. The minimum atomic E-state index is -0.142. The summed E-state index contributed by atoms with van der Waals surface area (Å²) in [6.07, 6.45) is 5.10. The lowest BCUT2D eigenvalue weighted by atomic mass is 9.91. The molecular weight excluding hydrogens is 280 g/mol. The summed E-state index contributed by atoms with van der Waals surface area (Å²) in [6.45, 7) is 0.983. The lowest BCUT2D eigenvalue weighted by Crippen LogP contribution is -2.30. The Kier molecular flexibility index (Phi) is 6.07. The quantitative estimate of drug-likeness (QED) is 0.598. The Bertz CT molecular complexity index is 505. The zero-order chi connectivity index (χ0) is 15.9. The maximum absolute atomic E-state index is 11.5. The van der Waals surface area contributed by atoms with Crippen molar-refractivity contribution in [3.63, 3.8) is 0 Å². The van der Waals surface area contributed by atoms with Crippen molar-refractivity contribution >= 4 is 12.0 Å². The Morgan fingerprint density at radius 1 is 1.32 bits per heavy atom. The molecule has 0 spiro atoms. The van der Waals surface area contributed by atoms with Gasteiger partial charge in [-0.15, -0.1) is 0 Å². The molecule has 1 aromatic rings. The number of benzene rings is 1. The van der Waals surface area contributed by atoms with E-state index in [-0.39, 0.29) is 6.04 Å². The van der Waals surface area contributed by atoms with Gasteiger partial charge in [0.25, 0.3) is 0 Å². The molecular formula is C17H26N2O3. The number of ether oxygens (including phenoxy) is 2. The van der Waals surface area contributed by atoms with Crippen molar-refractivity contribution in [2.75, 3.05) is 33.1 Å². The van der Waals surface area contributed by atoms with Crippen LogP contribution in [0.5, 0.6) is 11.5 Å². The predicted octanol–water partition coefficient (Wildman–Crippen LogP) is 2.25. The Morgan fingerprint density at radius 3 is 2.68 bits per heavy atom. The van der Waals surface area contributed by atoms with Crippen LogP contribution in [0.3, 0.4) is 0 Å². The summed E-state index contributed by atoms with van der Waals surface area (Å²) in [5, 5.41) is 6.55. The van der Waals surface area contributed by atoms with Crippen LogP contribution in [0.25, 0.3) is 0 Å². The molecule has 1 aliphatic rings. The molecule has 22 heavy (non-hydrogen) atoms. The lowest BCUT2D eigenvalue weighted by molar-refractivity contribution is -0.109. The van der Waals surface area contributed by atoms with Crippen molar-refractivity contribution in [2.24, 2.45) is 5.92 Å². The highest BCUT2D eigenvalue weighted by Crippen LogP contribution is 2.37. The molecule has 1 aliphatic heterocycles. The second kappa shape index (κ2) is 8.03. The van der Waals surface area contributed by atoms with Crippen molar-refractivity contribution < 1.29 is 14.3 Å². The second-order valence-electron chi connectivity index (χ2n) is 5.72. The maximum Gasteiger partial charge on any atom is 0.162 e. The zero-order valence-electron chi connectivity index (χ0n) is 13.6. The average molecular weight is 306 g/mol. The van der Waals surface area contributed by atoms with Crippen LogP contribution in [0.2, 0.25) is 0 Å². The Balaban J connectivity index is 2.20. The van der Waals surface area contributed by atoms with E-state index >= 15 is 0 Å². The minimum Gasteiger partial charge on any atom is -0.493 e. The van der Waals surface area contributed by atoms with Crippen molar-refractivity contribution in [3.05, 3.63) is 17.7 Å². The summed E-state index contributed by atoms with van der Waals surface area (Å²) in [5.41, 5.74) is 2.16. The third kappa shape index (κ3) is 3.71. The van der Waals surface area contributed by atoms with E-state index in [0.29, 0.717) is 11.7 Å². The number of rotatable bonds is 7. The average Bonchev–Trinajstić information content (AvgIpc) is 2.72. The fourth-order valence-corrected chi connectivity index (χ4v) is 3.09. The van der Waals surface area contributed by atoms with E-state index in [9.17, 15) is 4.79 Å². The lowest BCUT2D eigenvalue weighted by Gasteiger charge is -2.22. The molecule has 5 nitrogen and oxygen atoms in total. The van der Waals surface area contributed by atoms with Gasteiger partial charge in [-0.1, -0.05) is 0 Å². The fraction of sp³-hybridized carbons (Fsp3) is 0.588. The number of fused-ring (bicyclic) bond motifs is 1. The van der Waals surface area contributed by atoms with Crippen molar-refractivity contribution in [2.45, 2.75) is 31.7 Å². The largest absolute Gasteiger partial charge is 0.493 e. The molecule has 122 valence electrons. The summed E-state index contributed by atoms with van der Waals surface area (Å²) in [5.74, 6) is 1.78. The summed E-state index contributed by atoms with van der Waals surface area (Å²) >= 11 is 0. The predicted molar refractivity (Wildman–Crippen MR) is 88.0 cm³/mol. The van der Waals surface area contributed by atoms with Gasteiger partial charge in [0, 0.05) is 11.8 Å². The standard InChI is InChI=1S/C17H26N2O3/c1-18-8-4-5-12-6-7-13-9-16(21-2)17(22-3)10-14(13)19-15(12)11-20/h9-12,15,18-19H,4-8H2,1-3H3. The molecule has 0 amide bonds. The Labute approximate surface area is 132 Å². The molecule has 2 N–H and O–H groups in total. The highest BCUT2D eigenvalue weighted by molar-refractivity contribution is 5.69. The van der Waals surface area contributed by atoms with E-state index in [1.54, 1.807) is 14.2 Å². The SMILES string of the molecule is CNCCCC1CCc2cc(OC)c(OC)cc2NC1C=O. The smallest absolute Gasteiger partial charge is 0.162 e. The first-order valence-electron chi connectivity index (χ1n) is 7.84. The molecule has 5 heteroatoms. The first-order chi connectivity index (χ1) is 10.7. The summed E-state index contributed by atoms with van der Waals surface area (Å²) in [4.78, 5) is 11.5. The van der Waals surface area contributed by atoms with Gasteiger partial charge in [0.05, 0.1) is 20.3 Å². The van der Waals surface area contributed by atoms with E-state index in [1.165, 1.54) is 5.56 Å². The van der Waals surface area contributed by atoms with Crippen LogP contribution in [0.15, 0.2) is 12.1 Å². The van der Waals surface area contributed by atoms with Crippen LogP contribution in [0, 0.1) is 5.92 Å². The molecule has 2 unspecified atom stereocenters. The molecule has 2 rings (SSSR count). The first kappa shape index (κ1) is 16.6. The fourth-order valence-electron chi connectivity index (χ4n) is 3.09. The molecule has 0 radical (unpaired) electrons. The number of aldehydes is 1. The van der Waals surface area contributed by atoms with Crippen LogP contribution in [0.1, 0.15) is 24.8 Å². The highest BCUT2D eigenvalue weighted by atomic mass is 16.5. The maximum atomic E-state index is 11.5. The van der Waals surface area contributed by atoms with Gasteiger partial charge in [0.15, 0.2) is 11.5 Å². The Morgan fingerprint density at radius 2 is 2.05 bits per heavy atom. The van der Waals surface area contributed by atoms with E-state index in [2.05, 4.69) is 10.6 Å².